The molecule has 1 aromatic heterocycles. The lowest BCUT2D eigenvalue weighted by Crippen LogP contribution is -2.24. The van der Waals surface area contributed by atoms with Crippen molar-refractivity contribution < 1.29 is 4.79 Å². The molecule has 2 heterocycles. The fraction of sp³-hybridized carbons (Fsp3) is 0.375. The molecule has 1 aromatic carbocycles. The van der Waals surface area contributed by atoms with E-state index < -0.39 is 0 Å². The zero-order valence-corrected chi connectivity index (χ0v) is 12.4. The fourth-order valence-corrected chi connectivity index (χ4v) is 2.72. The second-order valence-corrected chi connectivity index (χ2v) is 5.43. The molecule has 2 aromatic rings. The minimum absolute atomic E-state index is 0.0750. The lowest BCUT2D eigenvalue weighted by atomic mass is 9.99. The molecule has 5 nitrogen and oxygen atoms in total. The molecule has 0 saturated carbocycles. The van der Waals surface area contributed by atoms with Crippen molar-refractivity contribution in [3.05, 3.63) is 46.8 Å². The number of amides is 1. The van der Waals surface area contributed by atoms with E-state index in [9.17, 15) is 4.79 Å². The van der Waals surface area contributed by atoms with Gasteiger partial charge in [-0.3, -0.25) is 9.48 Å². The largest absolute Gasteiger partial charge is 0.385 e. The Bertz CT molecular complexity index is 675. The third-order valence-electron chi connectivity index (χ3n) is 4.08. The Labute approximate surface area is 124 Å². The summed E-state index contributed by atoms with van der Waals surface area (Å²) in [6.07, 6.45) is 3.88. The zero-order chi connectivity index (χ0) is 14.8. The zero-order valence-electron chi connectivity index (χ0n) is 12.4. The van der Waals surface area contributed by atoms with Crippen LogP contribution in [0.5, 0.6) is 0 Å². The predicted octanol–water partition coefficient (Wildman–Crippen LogP) is 2.02. The van der Waals surface area contributed by atoms with E-state index in [0.717, 1.165) is 30.6 Å². The normalized spacial score (nSPS) is 13.4. The van der Waals surface area contributed by atoms with Crippen LogP contribution >= 0.6 is 0 Å². The molecule has 110 valence electrons. The predicted molar refractivity (Wildman–Crippen MR) is 82.4 cm³/mol. The average Bonchev–Trinajstić information content (AvgIpc) is 2.84. The summed E-state index contributed by atoms with van der Waals surface area (Å²) < 4.78 is 1.71. The van der Waals surface area contributed by atoms with Crippen LogP contribution in [0.2, 0.25) is 0 Å². The third-order valence-corrected chi connectivity index (χ3v) is 4.08. The molecule has 21 heavy (non-hydrogen) atoms. The van der Waals surface area contributed by atoms with Gasteiger partial charge < -0.3 is 10.6 Å². The van der Waals surface area contributed by atoms with Gasteiger partial charge in [0.1, 0.15) is 0 Å². The van der Waals surface area contributed by atoms with Crippen molar-refractivity contribution >= 4 is 11.6 Å². The second-order valence-electron chi connectivity index (χ2n) is 5.43. The first-order chi connectivity index (χ1) is 10.2. The Balaban J connectivity index is 1.73. The molecule has 1 aliphatic rings. The standard InChI is InChI=1S/C16H20N4O/c1-11-14(10-19-20(11)2)16(21)18-9-13-6-3-5-12-7-4-8-17-15(12)13/h3,5-6,10,17H,4,7-9H2,1-2H3,(H,18,21). The van der Waals surface area contributed by atoms with Gasteiger partial charge in [-0.25, -0.2) is 0 Å². The number of carbonyl (C=O) groups excluding carboxylic acids is 1. The Morgan fingerprint density at radius 3 is 3.10 bits per heavy atom. The van der Waals surface area contributed by atoms with Crippen molar-refractivity contribution in [3.63, 3.8) is 0 Å². The van der Waals surface area contributed by atoms with E-state index in [4.69, 9.17) is 0 Å². The number of fused-ring (bicyclic) bond motifs is 1. The minimum atomic E-state index is -0.0750. The fourth-order valence-electron chi connectivity index (χ4n) is 2.72. The smallest absolute Gasteiger partial charge is 0.255 e. The van der Waals surface area contributed by atoms with Crippen LogP contribution in [0.1, 0.15) is 33.6 Å². The molecular weight excluding hydrogens is 264 g/mol. The van der Waals surface area contributed by atoms with Crippen LogP contribution in [0.25, 0.3) is 0 Å². The molecule has 0 saturated heterocycles. The topological polar surface area (TPSA) is 59.0 Å². The molecule has 5 heteroatoms. The number of nitrogens with zero attached hydrogens (tertiary/aromatic N) is 2. The highest BCUT2D eigenvalue weighted by Gasteiger charge is 2.15. The van der Waals surface area contributed by atoms with Gasteiger partial charge in [0.05, 0.1) is 11.8 Å². The van der Waals surface area contributed by atoms with Crippen molar-refractivity contribution in [3.8, 4) is 0 Å². The summed E-state index contributed by atoms with van der Waals surface area (Å²) in [6, 6.07) is 6.27. The van der Waals surface area contributed by atoms with Crippen molar-refractivity contribution in [1.82, 2.24) is 15.1 Å². The van der Waals surface area contributed by atoms with Gasteiger partial charge in [-0.2, -0.15) is 5.10 Å². The Morgan fingerprint density at radius 2 is 2.33 bits per heavy atom. The van der Waals surface area contributed by atoms with Crippen molar-refractivity contribution in [1.29, 1.82) is 0 Å². The maximum absolute atomic E-state index is 12.2. The first-order valence-corrected chi connectivity index (χ1v) is 7.28. The van der Waals surface area contributed by atoms with Crippen LogP contribution in [-0.4, -0.2) is 22.2 Å². The molecule has 0 bridgehead atoms. The summed E-state index contributed by atoms with van der Waals surface area (Å²) in [5, 5.41) is 10.5. The van der Waals surface area contributed by atoms with Gasteiger partial charge in [0.15, 0.2) is 0 Å². The highest BCUT2D eigenvalue weighted by atomic mass is 16.1. The molecular formula is C16H20N4O. The van der Waals surface area contributed by atoms with Crippen molar-refractivity contribution in [2.75, 3.05) is 11.9 Å². The van der Waals surface area contributed by atoms with E-state index >= 15 is 0 Å². The van der Waals surface area contributed by atoms with Crippen LogP contribution in [0, 0.1) is 6.92 Å². The van der Waals surface area contributed by atoms with Gasteiger partial charge in [-0.15, -0.1) is 0 Å². The maximum atomic E-state index is 12.2. The maximum Gasteiger partial charge on any atom is 0.255 e. The molecule has 1 amide bonds. The van der Waals surface area contributed by atoms with Crippen molar-refractivity contribution in [2.45, 2.75) is 26.3 Å². The number of nitrogens with one attached hydrogen (secondary N) is 2. The van der Waals surface area contributed by atoms with Crippen LogP contribution in [-0.2, 0) is 20.0 Å². The summed E-state index contributed by atoms with van der Waals surface area (Å²) >= 11 is 0. The second kappa shape index (κ2) is 5.60. The lowest BCUT2D eigenvalue weighted by Gasteiger charge is -2.21. The molecule has 0 aliphatic carbocycles. The third kappa shape index (κ3) is 2.63. The van der Waals surface area contributed by atoms with Gasteiger partial charge >= 0.3 is 0 Å². The number of anilines is 1. The first-order valence-electron chi connectivity index (χ1n) is 7.28. The molecule has 2 N–H and O–H groups in total. The summed E-state index contributed by atoms with van der Waals surface area (Å²) in [5.74, 6) is -0.0750. The average molecular weight is 284 g/mol. The highest BCUT2D eigenvalue weighted by Crippen LogP contribution is 2.25. The lowest BCUT2D eigenvalue weighted by molar-refractivity contribution is 0.0950. The monoisotopic (exact) mass is 284 g/mol. The molecule has 0 spiro atoms. The number of hydrogen-bond acceptors (Lipinski definition) is 3. The molecule has 0 unspecified atom stereocenters. The summed E-state index contributed by atoms with van der Waals surface area (Å²) in [7, 11) is 1.84. The van der Waals surface area contributed by atoms with E-state index in [1.165, 1.54) is 11.3 Å². The molecule has 0 radical (unpaired) electrons. The SMILES string of the molecule is Cc1c(C(=O)NCc2cccc3c2NCCC3)cnn1C. The first kappa shape index (κ1) is 13.7. The van der Waals surface area contributed by atoms with E-state index in [2.05, 4.69) is 33.9 Å². The number of benzene rings is 1. The number of rotatable bonds is 3. The molecule has 0 atom stereocenters. The number of aryl methyl sites for hydroxylation is 2. The van der Waals surface area contributed by atoms with Crippen LogP contribution in [0.4, 0.5) is 5.69 Å². The van der Waals surface area contributed by atoms with Crippen molar-refractivity contribution in [2.24, 2.45) is 7.05 Å². The van der Waals surface area contributed by atoms with Crippen LogP contribution in [0.3, 0.4) is 0 Å². The Kier molecular flexibility index (Phi) is 3.64. The molecule has 3 rings (SSSR count). The quantitative estimate of drug-likeness (QED) is 0.906. The van der Waals surface area contributed by atoms with E-state index in [1.807, 2.05) is 14.0 Å². The molecule has 0 fully saturated rings. The van der Waals surface area contributed by atoms with E-state index in [0.29, 0.717) is 12.1 Å². The summed E-state index contributed by atoms with van der Waals surface area (Å²) in [4.78, 5) is 12.2. The van der Waals surface area contributed by atoms with E-state index in [-0.39, 0.29) is 5.91 Å². The van der Waals surface area contributed by atoms with Gasteiger partial charge in [0, 0.05) is 31.5 Å². The number of aromatic nitrogens is 2. The van der Waals surface area contributed by atoms with Gasteiger partial charge in [-0.1, -0.05) is 18.2 Å². The van der Waals surface area contributed by atoms with Gasteiger partial charge in [0.2, 0.25) is 0 Å². The number of carbonyl (C=O) groups is 1. The minimum Gasteiger partial charge on any atom is -0.385 e. The summed E-state index contributed by atoms with van der Waals surface area (Å²) in [5.41, 5.74) is 5.18. The number of para-hydroxylation sites is 1. The van der Waals surface area contributed by atoms with Crippen LogP contribution < -0.4 is 10.6 Å². The number of hydrogen-bond donors (Lipinski definition) is 2. The van der Waals surface area contributed by atoms with E-state index in [1.54, 1.807) is 10.9 Å². The Morgan fingerprint density at radius 1 is 1.48 bits per heavy atom. The van der Waals surface area contributed by atoms with Gasteiger partial charge in [0.25, 0.3) is 5.91 Å². The Hall–Kier alpha value is -2.30. The van der Waals surface area contributed by atoms with Crippen LogP contribution in [0.15, 0.2) is 24.4 Å². The van der Waals surface area contributed by atoms with Gasteiger partial charge in [-0.05, 0) is 30.9 Å². The summed E-state index contributed by atoms with van der Waals surface area (Å²) in [6.45, 7) is 3.43. The highest BCUT2D eigenvalue weighted by molar-refractivity contribution is 5.95. The molecule has 1 aliphatic heterocycles.